The Balaban J connectivity index is 0.000000287. The first kappa shape index (κ1) is 60.1. The third-order valence-corrected chi connectivity index (χ3v) is 17.9. The molecule has 412 valence electrons. The zero-order valence-electron chi connectivity index (χ0n) is 48.0. The quantitative estimate of drug-likeness (QED) is 0.115. The van der Waals surface area contributed by atoms with Crippen molar-refractivity contribution < 1.29 is 49.0 Å². The van der Waals surface area contributed by atoms with Gasteiger partial charge in [-0.25, -0.2) is 12.1 Å². The van der Waals surface area contributed by atoms with Gasteiger partial charge in [0.1, 0.15) is 0 Å². The summed E-state index contributed by atoms with van der Waals surface area (Å²) in [5.41, 5.74) is 20.2. The van der Waals surface area contributed by atoms with Gasteiger partial charge in [-0.1, -0.05) is 222 Å². The summed E-state index contributed by atoms with van der Waals surface area (Å²) >= 11 is 13.3. The van der Waals surface area contributed by atoms with Crippen LogP contribution in [0.4, 0.5) is 0 Å². The Morgan fingerprint density at radius 2 is 0.845 bits per heavy atom. The SMILES string of the molecule is CC(C)(C)c1cc2c([c-]c1-c1ccccc1-c1ccc3c(ccc4ccccc43)c1)Cc1cc(-c3ccccc3-c3ccc4c(ccc5ccccc54)c3)c(C(C)(C)C)cc1-2.Clc1cccc([C](=[Zr+2])c2cccc(Cl)c2)c1.[Cl-].[Cl-].c1cc[cH-]c1. The van der Waals surface area contributed by atoms with Gasteiger partial charge >= 0.3 is 120 Å². The fraction of sp³-hybridized carbons (Fsp3) is 0.114. The molecule has 0 fully saturated rings. The molecule has 0 bridgehead atoms. The van der Waals surface area contributed by atoms with E-state index in [4.69, 9.17) is 23.2 Å². The minimum absolute atomic E-state index is 0. The Morgan fingerprint density at radius 3 is 1.35 bits per heavy atom. The molecule has 0 N–H and O–H groups in total. The first-order valence-corrected chi connectivity index (χ1v) is 30.2. The normalized spacial score (nSPS) is 11.6. The Kier molecular flexibility index (Phi) is 18.1. The van der Waals surface area contributed by atoms with Crippen molar-refractivity contribution in [3.8, 4) is 55.6 Å². The number of fused-ring (bicyclic) bond motifs is 9. The standard InChI is InChI=1S/C61H49.C13H8Cl2.C5H5.2ClH.Zr/c1-60(2,3)58-36-54-44(34-56(58)52-21-13-11-19-48(52)42-27-29-50-40(31-42)25-23-38-15-7-9-17-46(38)50)33-45-35-57(59(37-55(45)54)61(4,5)6)53-22-14-12-20-49(53)43-28-30-51-41(32-43)26-24-39-16-8-10-18-47(39)51;14-12-5-1-3-10(8-12)7-11-4-2-6-13(15)9-11;1-2-4-5-3-1;;;/h7-32,34,36-37H,33H2,1-6H3;1-6,8-9H;1-5H;2*1H;/q-1;;-1;;;+2/p-2. The second kappa shape index (κ2) is 25.3. The monoisotopic (exact) mass is 1240 g/mol. The van der Waals surface area contributed by atoms with E-state index in [1.807, 2.05) is 66.7 Å². The molecule has 5 heteroatoms. The van der Waals surface area contributed by atoms with Gasteiger partial charge in [-0.05, 0) is 111 Å². The molecule has 0 unspecified atom stereocenters. The summed E-state index contributed by atoms with van der Waals surface area (Å²) in [6.07, 6.45) is 0.857. The van der Waals surface area contributed by atoms with Crippen molar-refractivity contribution >= 4 is 69.5 Å². The number of halogens is 4. The summed E-state index contributed by atoms with van der Waals surface area (Å²) < 4.78 is 1.26. The van der Waals surface area contributed by atoms with Gasteiger partial charge in [-0.3, -0.25) is 0 Å². The topological polar surface area (TPSA) is 0 Å². The predicted octanol–water partition coefficient (Wildman–Crippen LogP) is 16.5. The van der Waals surface area contributed by atoms with Crippen LogP contribution >= 0.6 is 23.2 Å². The van der Waals surface area contributed by atoms with Gasteiger partial charge in [0.15, 0.2) is 0 Å². The maximum atomic E-state index is 5.98. The zero-order chi connectivity index (χ0) is 56.7. The molecule has 0 aromatic heterocycles. The van der Waals surface area contributed by atoms with E-state index in [1.165, 1.54) is 148 Å². The van der Waals surface area contributed by atoms with Gasteiger partial charge in [0.05, 0.1) is 0 Å². The summed E-state index contributed by atoms with van der Waals surface area (Å²) in [5, 5.41) is 11.8. The van der Waals surface area contributed by atoms with Crippen molar-refractivity contribution in [2.75, 3.05) is 0 Å². The molecule has 13 aromatic carbocycles. The summed E-state index contributed by atoms with van der Waals surface area (Å²) in [6, 6.07) is 95.8. The minimum atomic E-state index is -0.100. The van der Waals surface area contributed by atoms with Gasteiger partial charge in [0.25, 0.3) is 0 Å². The molecule has 0 heterocycles. The molecule has 1 aliphatic carbocycles. The molecule has 0 nitrogen and oxygen atoms in total. The first-order chi connectivity index (χ1) is 39.7. The van der Waals surface area contributed by atoms with Crippen LogP contribution in [-0.2, 0) is 41.5 Å². The molecule has 0 radical (unpaired) electrons. The second-order valence-electron chi connectivity index (χ2n) is 23.6. The van der Waals surface area contributed by atoms with E-state index in [0.717, 1.165) is 27.6 Å². The van der Waals surface area contributed by atoms with Gasteiger partial charge in [0.2, 0.25) is 0 Å². The molecule has 0 atom stereocenters. The van der Waals surface area contributed by atoms with Crippen molar-refractivity contribution in [1.82, 2.24) is 0 Å². The van der Waals surface area contributed by atoms with E-state index >= 15 is 0 Å². The molecular formula is C79H62Cl4Zr-2. The Morgan fingerprint density at radius 1 is 0.393 bits per heavy atom. The first-order valence-electron chi connectivity index (χ1n) is 28.2. The molecule has 1 aliphatic rings. The predicted molar refractivity (Wildman–Crippen MR) is 351 cm³/mol. The number of hydrogen-bond donors (Lipinski definition) is 0. The van der Waals surface area contributed by atoms with Crippen molar-refractivity contribution in [3.05, 3.63) is 304 Å². The molecule has 84 heavy (non-hydrogen) atoms. The van der Waals surface area contributed by atoms with Crippen LogP contribution in [0.2, 0.25) is 10.0 Å². The van der Waals surface area contributed by atoms with Crippen LogP contribution in [0.15, 0.2) is 255 Å². The smallest absolute Gasteiger partial charge is 0.172 e. The molecule has 0 saturated carbocycles. The van der Waals surface area contributed by atoms with Gasteiger partial charge in [0, 0.05) is 0 Å². The van der Waals surface area contributed by atoms with E-state index in [1.54, 1.807) is 0 Å². The maximum absolute atomic E-state index is 5.98. The summed E-state index contributed by atoms with van der Waals surface area (Å²) in [5.74, 6) is 0. The van der Waals surface area contributed by atoms with Gasteiger partial charge in [-0.15, -0.1) is 28.8 Å². The van der Waals surface area contributed by atoms with Crippen LogP contribution in [-0.4, -0.2) is 3.21 Å². The van der Waals surface area contributed by atoms with E-state index < -0.39 is 0 Å². The molecular weight excluding hydrogens is 1180 g/mol. The molecule has 13 aromatic rings. The molecule has 14 rings (SSSR count). The van der Waals surface area contributed by atoms with Crippen LogP contribution in [0.1, 0.15) is 74.9 Å². The number of rotatable bonds is 6. The fourth-order valence-corrected chi connectivity index (χ4v) is 13.1. The van der Waals surface area contributed by atoms with E-state index in [2.05, 4.69) is 236 Å². The van der Waals surface area contributed by atoms with E-state index in [9.17, 15) is 0 Å². The van der Waals surface area contributed by atoms with Crippen LogP contribution in [0, 0.1) is 6.07 Å². The van der Waals surface area contributed by atoms with Crippen molar-refractivity contribution in [2.24, 2.45) is 0 Å². The minimum Gasteiger partial charge on any atom is -1.00 e. The van der Waals surface area contributed by atoms with Crippen molar-refractivity contribution in [1.29, 1.82) is 0 Å². The zero-order valence-corrected chi connectivity index (χ0v) is 53.4. The van der Waals surface area contributed by atoms with Crippen LogP contribution < -0.4 is 24.8 Å². The van der Waals surface area contributed by atoms with Crippen LogP contribution in [0.3, 0.4) is 0 Å². The second-order valence-corrected chi connectivity index (χ2v) is 25.7. The van der Waals surface area contributed by atoms with Crippen LogP contribution in [0.25, 0.3) is 98.7 Å². The molecule has 0 spiro atoms. The third-order valence-electron chi connectivity index (χ3n) is 16.0. The van der Waals surface area contributed by atoms with Gasteiger partial charge < -0.3 is 24.8 Å². The van der Waals surface area contributed by atoms with Crippen molar-refractivity contribution in [2.45, 2.75) is 58.8 Å². The molecule has 0 amide bonds. The number of hydrogen-bond acceptors (Lipinski definition) is 0. The third kappa shape index (κ3) is 12.4. The van der Waals surface area contributed by atoms with E-state index in [0.29, 0.717) is 0 Å². The Bertz CT molecular complexity index is 4260. The summed E-state index contributed by atoms with van der Waals surface area (Å²) in [6.45, 7) is 14.1. The average molecular weight is 1240 g/mol. The number of benzene rings is 12. The van der Waals surface area contributed by atoms with E-state index in [-0.39, 0.29) is 35.6 Å². The molecule has 0 saturated heterocycles. The fourth-order valence-electron chi connectivity index (χ4n) is 11.9. The van der Waals surface area contributed by atoms with Crippen LogP contribution in [0.5, 0.6) is 0 Å². The Hall–Kier alpha value is -7.06. The van der Waals surface area contributed by atoms with Crippen molar-refractivity contribution in [3.63, 3.8) is 0 Å². The Labute approximate surface area is 532 Å². The summed E-state index contributed by atoms with van der Waals surface area (Å²) in [7, 11) is 0. The maximum Gasteiger partial charge on any atom is -0.172 e. The van der Waals surface area contributed by atoms with Gasteiger partial charge in [-0.2, -0.15) is 18.2 Å². The molecule has 0 aliphatic heterocycles. The summed E-state index contributed by atoms with van der Waals surface area (Å²) in [4.78, 5) is 0. The largest absolute Gasteiger partial charge is 1.00 e. The average Bonchev–Trinajstić information content (AvgIpc) is 1.83.